The maximum atomic E-state index is 6.65. The molecule has 0 saturated heterocycles. The van der Waals surface area contributed by atoms with Crippen LogP contribution >= 0.6 is 0 Å². The summed E-state index contributed by atoms with van der Waals surface area (Å²) in [5, 5.41) is 6.76. The van der Waals surface area contributed by atoms with Crippen molar-refractivity contribution in [1.29, 1.82) is 0 Å². The highest BCUT2D eigenvalue weighted by molar-refractivity contribution is 6.15. The maximum absolute atomic E-state index is 6.65. The minimum absolute atomic E-state index is 0.553. The molecular weight excluding hydrogens is 827 g/mol. The topological polar surface area (TPSA) is 29.5 Å². The van der Waals surface area contributed by atoms with E-state index in [-0.39, 0.29) is 0 Å². The second-order valence-electron chi connectivity index (χ2n) is 17.8. The van der Waals surface area contributed by atoms with E-state index in [4.69, 9.17) is 8.83 Å². The van der Waals surface area contributed by atoms with Gasteiger partial charge in [-0.2, -0.15) is 0 Å². The summed E-state index contributed by atoms with van der Waals surface area (Å²) >= 11 is 0. The van der Waals surface area contributed by atoms with E-state index in [1.165, 1.54) is 33.4 Å². The lowest BCUT2D eigenvalue weighted by Gasteiger charge is -2.34. The highest BCUT2D eigenvalue weighted by atomic mass is 16.3. The van der Waals surface area contributed by atoms with Crippen LogP contribution in [0.4, 0.5) is 17.1 Å². The monoisotopic (exact) mass is 867 g/mol. The van der Waals surface area contributed by atoms with Crippen LogP contribution in [0.5, 0.6) is 0 Å². The zero-order valence-corrected chi connectivity index (χ0v) is 36.9. The van der Waals surface area contributed by atoms with Crippen LogP contribution in [-0.2, 0) is 5.41 Å². The van der Waals surface area contributed by atoms with Crippen molar-refractivity contribution in [1.82, 2.24) is 0 Å². The van der Waals surface area contributed by atoms with Crippen molar-refractivity contribution in [3.8, 4) is 33.4 Å². The third-order valence-electron chi connectivity index (χ3n) is 14.4. The van der Waals surface area contributed by atoms with Gasteiger partial charge in [0.1, 0.15) is 22.3 Å². The number of nitrogens with zero attached hydrogens (tertiary/aromatic N) is 1. The average molecular weight is 868 g/mol. The first-order chi connectivity index (χ1) is 33.8. The zero-order valence-electron chi connectivity index (χ0n) is 36.9. The van der Waals surface area contributed by atoms with Crippen molar-refractivity contribution in [3.63, 3.8) is 0 Å². The van der Waals surface area contributed by atoms with Gasteiger partial charge < -0.3 is 13.7 Å². The Morgan fingerprint density at radius 1 is 0.294 bits per heavy atom. The standard InChI is InChI=1S/C65H41NO2/c1-3-18-43(19-4-1)65(44-20-5-2-6-21-44)56-31-12-9-26-55(56)62-57(65)32-17-33-59(62)66(45-38-36-42(37-39-45)46-27-15-29-53-50-24-10-13-34-60(50)67-63(46)53)58-41-40-48(47-22-7-8-23-49(47)58)52-28-16-30-54-51-25-11-14-35-61(51)68-64(52)54/h1-41H. The smallest absolute Gasteiger partial charge is 0.143 e. The van der Waals surface area contributed by atoms with E-state index in [0.717, 1.165) is 94.0 Å². The maximum Gasteiger partial charge on any atom is 0.143 e. The molecule has 2 aromatic heterocycles. The highest BCUT2D eigenvalue weighted by Crippen LogP contribution is 2.60. The first-order valence-corrected chi connectivity index (χ1v) is 23.3. The van der Waals surface area contributed by atoms with Gasteiger partial charge in [-0.3, -0.25) is 0 Å². The Bertz CT molecular complexity index is 4050. The fraction of sp³-hybridized carbons (Fsp3) is 0.0154. The van der Waals surface area contributed by atoms with Crippen LogP contribution in [0.15, 0.2) is 258 Å². The number of para-hydroxylation sites is 4. The number of anilines is 3. The van der Waals surface area contributed by atoms with Crippen LogP contribution in [-0.4, -0.2) is 0 Å². The molecule has 68 heavy (non-hydrogen) atoms. The lowest BCUT2D eigenvalue weighted by molar-refractivity contribution is 0.669. The van der Waals surface area contributed by atoms with Gasteiger partial charge in [-0.05, 0) is 80.7 Å². The molecule has 0 bridgehead atoms. The van der Waals surface area contributed by atoms with Crippen LogP contribution in [0.3, 0.4) is 0 Å². The average Bonchev–Trinajstić information content (AvgIpc) is 4.09. The predicted molar refractivity (Wildman–Crippen MR) is 281 cm³/mol. The lowest BCUT2D eigenvalue weighted by Crippen LogP contribution is -2.28. The molecule has 11 aromatic carbocycles. The van der Waals surface area contributed by atoms with Gasteiger partial charge in [0.2, 0.25) is 0 Å². The number of hydrogen-bond acceptors (Lipinski definition) is 3. The Balaban J connectivity index is 1.03. The van der Waals surface area contributed by atoms with Gasteiger partial charge in [-0.15, -0.1) is 0 Å². The van der Waals surface area contributed by atoms with E-state index in [1.807, 2.05) is 18.2 Å². The summed E-state index contributed by atoms with van der Waals surface area (Å²) in [5.41, 5.74) is 18.0. The van der Waals surface area contributed by atoms with Crippen LogP contribution in [0, 0.1) is 0 Å². The molecule has 0 spiro atoms. The second kappa shape index (κ2) is 15.1. The molecule has 3 heteroatoms. The SMILES string of the molecule is c1ccc(C2(c3ccccc3)c3ccccc3-c3c(N(c4ccc(-c5cccc6c5oc5ccccc56)cc4)c4ccc(-c5cccc6c5oc5ccccc56)c5ccccc45)cccc32)cc1. The number of furan rings is 2. The van der Waals surface area contributed by atoms with Crippen molar-refractivity contribution in [3.05, 3.63) is 271 Å². The minimum atomic E-state index is -0.553. The van der Waals surface area contributed by atoms with Gasteiger partial charge >= 0.3 is 0 Å². The summed E-state index contributed by atoms with van der Waals surface area (Å²) in [6.45, 7) is 0. The number of hydrogen-bond donors (Lipinski definition) is 0. The van der Waals surface area contributed by atoms with Gasteiger partial charge in [0.05, 0.1) is 16.8 Å². The highest BCUT2D eigenvalue weighted by Gasteiger charge is 2.47. The molecule has 0 radical (unpaired) electrons. The van der Waals surface area contributed by atoms with Crippen molar-refractivity contribution in [2.75, 3.05) is 4.90 Å². The molecule has 0 amide bonds. The summed E-state index contributed by atoms with van der Waals surface area (Å²) in [7, 11) is 0. The van der Waals surface area contributed by atoms with Gasteiger partial charge in [0, 0.05) is 49.3 Å². The number of benzene rings is 11. The fourth-order valence-corrected chi connectivity index (χ4v) is 11.5. The fourth-order valence-electron chi connectivity index (χ4n) is 11.5. The predicted octanol–water partition coefficient (Wildman–Crippen LogP) is 17.8. The summed E-state index contributed by atoms with van der Waals surface area (Å²) in [6.07, 6.45) is 0. The van der Waals surface area contributed by atoms with Crippen molar-refractivity contribution in [2.45, 2.75) is 5.41 Å². The molecule has 0 fully saturated rings. The Hall–Kier alpha value is -8.92. The van der Waals surface area contributed by atoms with Gasteiger partial charge in [-0.1, -0.05) is 212 Å². The Morgan fingerprint density at radius 3 is 1.47 bits per heavy atom. The summed E-state index contributed by atoms with van der Waals surface area (Å²) in [4.78, 5) is 2.49. The van der Waals surface area contributed by atoms with Crippen molar-refractivity contribution >= 4 is 71.7 Å². The number of rotatable bonds is 7. The summed E-state index contributed by atoms with van der Waals surface area (Å²) < 4.78 is 13.2. The van der Waals surface area contributed by atoms with E-state index < -0.39 is 5.41 Å². The third-order valence-corrected chi connectivity index (χ3v) is 14.4. The van der Waals surface area contributed by atoms with Crippen molar-refractivity contribution < 1.29 is 8.83 Å². The normalized spacial score (nSPS) is 12.8. The molecule has 3 nitrogen and oxygen atoms in total. The summed E-state index contributed by atoms with van der Waals surface area (Å²) in [6, 6.07) is 90.1. The van der Waals surface area contributed by atoms with Crippen LogP contribution in [0.2, 0.25) is 0 Å². The molecular formula is C65H41NO2. The molecule has 318 valence electrons. The lowest BCUT2D eigenvalue weighted by atomic mass is 9.68. The van der Waals surface area contributed by atoms with E-state index in [9.17, 15) is 0 Å². The van der Waals surface area contributed by atoms with Crippen molar-refractivity contribution in [2.24, 2.45) is 0 Å². The zero-order chi connectivity index (χ0) is 44.8. The molecule has 0 atom stereocenters. The molecule has 0 unspecified atom stereocenters. The van der Waals surface area contributed by atoms with Crippen LogP contribution in [0.1, 0.15) is 22.3 Å². The van der Waals surface area contributed by atoms with E-state index in [1.54, 1.807) is 0 Å². The largest absolute Gasteiger partial charge is 0.455 e. The molecule has 14 rings (SSSR count). The molecule has 1 aliphatic carbocycles. The van der Waals surface area contributed by atoms with Gasteiger partial charge in [0.25, 0.3) is 0 Å². The Kier molecular flexibility index (Phi) is 8.50. The molecule has 2 heterocycles. The van der Waals surface area contributed by atoms with E-state index in [2.05, 4.69) is 235 Å². The van der Waals surface area contributed by atoms with E-state index >= 15 is 0 Å². The molecule has 0 N–H and O–H groups in total. The third kappa shape index (κ3) is 5.54. The van der Waals surface area contributed by atoms with Crippen LogP contribution in [0.25, 0.3) is 88.0 Å². The molecule has 1 aliphatic rings. The molecule has 13 aromatic rings. The number of fused-ring (bicyclic) bond motifs is 10. The Labute approximate surface area is 393 Å². The Morgan fingerprint density at radius 2 is 0.794 bits per heavy atom. The minimum Gasteiger partial charge on any atom is -0.455 e. The quantitative estimate of drug-likeness (QED) is 0.160. The molecule has 0 saturated carbocycles. The van der Waals surface area contributed by atoms with Gasteiger partial charge in [0.15, 0.2) is 0 Å². The van der Waals surface area contributed by atoms with E-state index in [0.29, 0.717) is 0 Å². The van der Waals surface area contributed by atoms with Gasteiger partial charge in [-0.25, -0.2) is 0 Å². The molecule has 0 aliphatic heterocycles. The summed E-state index contributed by atoms with van der Waals surface area (Å²) in [5.74, 6) is 0. The first-order valence-electron chi connectivity index (χ1n) is 23.3. The first kappa shape index (κ1) is 38.4. The van der Waals surface area contributed by atoms with Crippen LogP contribution < -0.4 is 4.90 Å². The second-order valence-corrected chi connectivity index (χ2v) is 17.8.